The van der Waals surface area contributed by atoms with E-state index in [-0.39, 0.29) is 11.9 Å². The van der Waals surface area contributed by atoms with E-state index in [1.165, 1.54) is 13.4 Å². The molecule has 0 saturated carbocycles. The first-order chi connectivity index (χ1) is 16.5. The van der Waals surface area contributed by atoms with E-state index in [0.717, 1.165) is 16.8 Å². The summed E-state index contributed by atoms with van der Waals surface area (Å²) in [4.78, 5) is 28.0. The minimum absolute atomic E-state index is 0.0555. The molecule has 4 heterocycles. The van der Waals surface area contributed by atoms with Crippen LogP contribution in [0.15, 0.2) is 48.9 Å². The number of morpholine rings is 1. The highest BCUT2D eigenvalue weighted by atomic mass is 16.6. The highest BCUT2D eigenvalue weighted by Crippen LogP contribution is 2.36. The van der Waals surface area contributed by atoms with Gasteiger partial charge in [0.1, 0.15) is 23.2 Å². The maximum atomic E-state index is 12.9. The molecule has 1 fully saturated rings. The number of ether oxygens (including phenoxy) is 3. The standard InChI is InChI=1S/C24H24N6O4/c1-15-13-33-10-9-30(15)24(31)34-23-19(32-3)11-18-22(27-23)21(26-14-25-18)17-12-29(2)28-20(17)16-7-5-4-6-8-16/h4-8,11-12,14-15H,9-10,13H2,1-3H3/t15-/m1/s1. The summed E-state index contributed by atoms with van der Waals surface area (Å²) in [6.07, 6.45) is 2.85. The van der Waals surface area contributed by atoms with Gasteiger partial charge in [-0.3, -0.25) is 4.68 Å². The molecule has 1 aliphatic heterocycles. The lowest BCUT2D eigenvalue weighted by molar-refractivity contribution is 0.00800. The molecule has 34 heavy (non-hydrogen) atoms. The van der Waals surface area contributed by atoms with E-state index in [1.807, 2.05) is 50.5 Å². The van der Waals surface area contributed by atoms with Crippen molar-refractivity contribution in [1.82, 2.24) is 29.6 Å². The fourth-order valence-electron chi connectivity index (χ4n) is 3.98. The fourth-order valence-corrected chi connectivity index (χ4v) is 3.98. The fraction of sp³-hybridized carbons (Fsp3) is 0.292. The summed E-state index contributed by atoms with van der Waals surface area (Å²) in [5.41, 5.74) is 4.12. The second kappa shape index (κ2) is 9.06. The van der Waals surface area contributed by atoms with E-state index < -0.39 is 6.09 Å². The number of aryl methyl sites for hydroxylation is 1. The Morgan fingerprint density at radius 3 is 2.76 bits per heavy atom. The van der Waals surface area contributed by atoms with Crippen molar-refractivity contribution >= 4 is 17.1 Å². The van der Waals surface area contributed by atoms with Crippen molar-refractivity contribution in [2.24, 2.45) is 7.05 Å². The van der Waals surface area contributed by atoms with E-state index >= 15 is 0 Å². The number of rotatable bonds is 4. The van der Waals surface area contributed by atoms with Crippen LogP contribution in [0.4, 0.5) is 4.79 Å². The van der Waals surface area contributed by atoms with Gasteiger partial charge in [0.05, 0.1) is 31.9 Å². The third kappa shape index (κ3) is 4.03. The van der Waals surface area contributed by atoms with E-state index in [0.29, 0.717) is 42.2 Å². The summed E-state index contributed by atoms with van der Waals surface area (Å²) in [5.74, 6) is 0.362. The number of fused-ring (bicyclic) bond motifs is 1. The zero-order valence-electron chi connectivity index (χ0n) is 19.1. The summed E-state index contributed by atoms with van der Waals surface area (Å²) < 4.78 is 18.3. The number of methoxy groups -OCH3 is 1. The van der Waals surface area contributed by atoms with E-state index in [1.54, 1.807) is 15.6 Å². The van der Waals surface area contributed by atoms with Gasteiger partial charge in [-0.2, -0.15) is 5.10 Å². The monoisotopic (exact) mass is 460 g/mol. The zero-order valence-corrected chi connectivity index (χ0v) is 19.1. The van der Waals surface area contributed by atoms with Gasteiger partial charge >= 0.3 is 6.09 Å². The largest absolute Gasteiger partial charge is 0.491 e. The second-order valence-electron chi connectivity index (χ2n) is 8.00. The predicted molar refractivity (Wildman–Crippen MR) is 125 cm³/mol. The third-order valence-corrected chi connectivity index (χ3v) is 5.68. The summed E-state index contributed by atoms with van der Waals surface area (Å²) in [5, 5.41) is 4.64. The third-order valence-electron chi connectivity index (χ3n) is 5.68. The molecule has 0 spiro atoms. The smallest absolute Gasteiger partial charge is 0.417 e. The molecule has 10 nitrogen and oxygen atoms in total. The van der Waals surface area contributed by atoms with E-state index in [4.69, 9.17) is 14.2 Å². The lowest BCUT2D eigenvalue weighted by Crippen LogP contribution is -2.48. The van der Waals surface area contributed by atoms with Crippen molar-refractivity contribution in [2.75, 3.05) is 26.9 Å². The summed E-state index contributed by atoms with van der Waals surface area (Å²) in [7, 11) is 3.35. The Morgan fingerprint density at radius 2 is 2.00 bits per heavy atom. The van der Waals surface area contributed by atoms with Gasteiger partial charge in [0.15, 0.2) is 5.75 Å². The van der Waals surface area contributed by atoms with E-state index in [9.17, 15) is 4.79 Å². The topological polar surface area (TPSA) is 104 Å². The molecule has 1 aliphatic rings. The average Bonchev–Trinajstić information content (AvgIpc) is 3.25. The van der Waals surface area contributed by atoms with Gasteiger partial charge in [-0.1, -0.05) is 30.3 Å². The normalized spacial score (nSPS) is 16.0. The van der Waals surface area contributed by atoms with Gasteiger partial charge in [0.25, 0.3) is 5.88 Å². The number of pyridine rings is 1. The molecule has 174 valence electrons. The minimum Gasteiger partial charge on any atom is -0.491 e. The van der Waals surface area contributed by atoms with Crippen LogP contribution in [-0.2, 0) is 11.8 Å². The Balaban J connectivity index is 1.60. The summed E-state index contributed by atoms with van der Waals surface area (Å²) in [6, 6.07) is 11.4. The maximum Gasteiger partial charge on any atom is 0.417 e. The molecule has 1 atom stereocenters. The number of hydrogen-bond donors (Lipinski definition) is 0. The van der Waals surface area contributed by atoms with Crippen LogP contribution in [0, 0.1) is 0 Å². The Bertz CT molecular complexity index is 1340. The Morgan fingerprint density at radius 1 is 1.18 bits per heavy atom. The van der Waals surface area contributed by atoms with Gasteiger partial charge in [0.2, 0.25) is 0 Å². The molecule has 0 N–H and O–H groups in total. The van der Waals surface area contributed by atoms with Crippen molar-refractivity contribution in [3.05, 3.63) is 48.9 Å². The molecule has 1 aromatic carbocycles. The van der Waals surface area contributed by atoms with Crippen LogP contribution in [0.25, 0.3) is 33.5 Å². The molecule has 4 aromatic rings. The first kappa shape index (κ1) is 21.8. The van der Waals surface area contributed by atoms with Crippen molar-refractivity contribution in [3.8, 4) is 34.1 Å². The number of carbonyl (C=O) groups excluding carboxylic acids is 1. The van der Waals surface area contributed by atoms with Crippen LogP contribution in [-0.4, -0.2) is 68.6 Å². The van der Waals surface area contributed by atoms with Gasteiger partial charge < -0.3 is 19.1 Å². The molecule has 5 rings (SSSR count). The van der Waals surface area contributed by atoms with Crippen LogP contribution < -0.4 is 9.47 Å². The highest BCUT2D eigenvalue weighted by Gasteiger charge is 2.27. The zero-order chi connectivity index (χ0) is 23.7. The summed E-state index contributed by atoms with van der Waals surface area (Å²) >= 11 is 0. The first-order valence-electron chi connectivity index (χ1n) is 10.9. The number of hydrogen-bond acceptors (Lipinski definition) is 8. The SMILES string of the molecule is COc1cc2ncnc(-c3cn(C)nc3-c3ccccc3)c2nc1OC(=O)N1CCOC[C@H]1C. The quantitative estimate of drug-likeness (QED) is 0.457. The van der Waals surface area contributed by atoms with Gasteiger partial charge in [0, 0.05) is 37.0 Å². The van der Waals surface area contributed by atoms with Crippen molar-refractivity contribution in [2.45, 2.75) is 13.0 Å². The first-order valence-corrected chi connectivity index (χ1v) is 10.9. The molecule has 10 heteroatoms. The van der Waals surface area contributed by atoms with Crippen molar-refractivity contribution in [3.63, 3.8) is 0 Å². The molecule has 1 saturated heterocycles. The van der Waals surface area contributed by atoms with Crippen molar-refractivity contribution < 1.29 is 19.0 Å². The van der Waals surface area contributed by atoms with Crippen molar-refractivity contribution in [1.29, 1.82) is 0 Å². The van der Waals surface area contributed by atoms with Gasteiger partial charge in [-0.15, -0.1) is 0 Å². The van der Waals surface area contributed by atoms with Crippen LogP contribution >= 0.6 is 0 Å². The van der Waals surface area contributed by atoms with Gasteiger partial charge in [-0.05, 0) is 6.92 Å². The lowest BCUT2D eigenvalue weighted by Gasteiger charge is -2.32. The minimum atomic E-state index is -0.509. The maximum absolute atomic E-state index is 12.9. The van der Waals surface area contributed by atoms with Crippen LogP contribution in [0.3, 0.4) is 0 Å². The molecule has 0 radical (unpaired) electrons. The Kier molecular flexibility index (Phi) is 5.81. The van der Waals surface area contributed by atoms with Crippen LogP contribution in [0.5, 0.6) is 11.6 Å². The highest BCUT2D eigenvalue weighted by molar-refractivity contribution is 5.94. The number of aromatic nitrogens is 5. The van der Waals surface area contributed by atoms with Gasteiger partial charge in [-0.25, -0.2) is 19.7 Å². The van der Waals surface area contributed by atoms with Crippen LogP contribution in [0.1, 0.15) is 6.92 Å². The Labute approximate surface area is 196 Å². The molecular weight excluding hydrogens is 436 g/mol. The van der Waals surface area contributed by atoms with E-state index in [2.05, 4.69) is 20.1 Å². The number of carbonyl (C=O) groups is 1. The Hall–Kier alpha value is -4.05. The predicted octanol–water partition coefficient (Wildman–Crippen LogP) is 3.32. The molecule has 0 bridgehead atoms. The molecule has 0 unspecified atom stereocenters. The number of amides is 1. The number of benzene rings is 1. The second-order valence-corrected chi connectivity index (χ2v) is 8.00. The molecule has 0 aliphatic carbocycles. The number of nitrogens with zero attached hydrogens (tertiary/aromatic N) is 6. The average molecular weight is 460 g/mol. The molecule has 1 amide bonds. The lowest BCUT2D eigenvalue weighted by atomic mass is 10.0. The van der Waals surface area contributed by atoms with Crippen LogP contribution in [0.2, 0.25) is 0 Å². The molecular formula is C24H24N6O4. The summed E-state index contributed by atoms with van der Waals surface area (Å²) in [6.45, 7) is 3.27. The molecule has 3 aromatic heterocycles.